The summed E-state index contributed by atoms with van der Waals surface area (Å²) in [4.78, 5) is 16.3. The van der Waals surface area contributed by atoms with Gasteiger partial charge in [0.25, 0.3) is 0 Å². The summed E-state index contributed by atoms with van der Waals surface area (Å²) in [6, 6.07) is 13.5. The van der Waals surface area contributed by atoms with Crippen molar-refractivity contribution in [2.75, 3.05) is 14.2 Å². The van der Waals surface area contributed by atoms with Gasteiger partial charge in [-0.25, -0.2) is 9.67 Å². The first-order valence-corrected chi connectivity index (χ1v) is 9.06. The van der Waals surface area contributed by atoms with E-state index in [1.807, 2.05) is 49.4 Å². The molecule has 0 saturated heterocycles. The fourth-order valence-electron chi connectivity index (χ4n) is 2.95. The average molecular weight is 380 g/mol. The largest absolute Gasteiger partial charge is 0.493 e. The average Bonchev–Trinajstić information content (AvgIpc) is 3.27. The number of carbonyl (C=O) groups is 1. The maximum absolute atomic E-state index is 12.3. The van der Waals surface area contributed by atoms with Crippen LogP contribution in [-0.2, 0) is 11.2 Å². The Kier molecular flexibility index (Phi) is 6.26. The Morgan fingerprint density at radius 2 is 1.86 bits per heavy atom. The number of amides is 1. The SMILES string of the molecule is COc1ccc(CCC(=O)NC(C)c2ccc(-n3cncn3)cc2)cc1OC. The predicted octanol–water partition coefficient (Wildman–Crippen LogP) is 3.09. The second kappa shape index (κ2) is 9.03. The van der Waals surface area contributed by atoms with Crippen LogP contribution < -0.4 is 14.8 Å². The van der Waals surface area contributed by atoms with Gasteiger partial charge in [0.1, 0.15) is 12.7 Å². The monoisotopic (exact) mass is 380 g/mol. The van der Waals surface area contributed by atoms with Gasteiger partial charge in [0, 0.05) is 6.42 Å². The number of nitrogens with one attached hydrogen (secondary N) is 1. The molecule has 0 aliphatic carbocycles. The maximum atomic E-state index is 12.3. The van der Waals surface area contributed by atoms with Crippen LogP contribution in [-0.4, -0.2) is 34.9 Å². The summed E-state index contributed by atoms with van der Waals surface area (Å²) in [5, 5.41) is 7.15. The van der Waals surface area contributed by atoms with Crippen molar-refractivity contribution in [2.45, 2.75) is 25.8 Å². The van der Waals surface area contributed by atoms with E-state index in [1.165, 1.54) is 6.33 Å². The lowest BCUT2D eigenvalue weighted by Gasteiger charge is -2.15. The first-order valence-electron chi connectivity index (χ1n) is 9.06. The third kappa shape index (κ3) is 4.68. The van der Waals surface area contributed by atoms with Crippen LogP contribution in [0.25, 0.3) is 5.69 Å². The van der Waals surface area contributed by atoms with E-state index >= 15 is 0 Å². The van der Waals surface area contributed by atoms with Crippen molar-refractivity contribution < 1.29 is 14.3 Å². The zero-order chi connectivity index (χ0) is 19.9. The number of hydrogen-bond acceptors (Lipinski definition) is 5. The second-order valence-electron chi connectivity index (χ2n) is 6.41. The van der Waals surface area contributed by atoms with Crippen LogP contribution >= 0.6 is 0 Å². The summed E-state index contributed by atoms with van der Waals surface area (Å²) < 4.78 is 12.2. The molecule has 28 heavy (non-hydrogen) atoms. The zero-order valence-corrected chi connectivity index (χ0v) is 16.3. The lowest BCUT2D eigenvalue weighted by atomic mass is 10.1. The first kappa shape index (κ1) is 19.4. The van der Waals surface area contributed by atoms with Crippen LogP contribution in [0.1, 0.15) is 30.5 Å². The van der Waals surface area contributed by atoms with E-state index in [4.69, 9.17) is 9.47 Å². The molecule has 0 aliphatic rings. The van der Waals surface area contributed by atoms with Crippen molar-refractivity contribution in [1.29, 1.82) is 0 Å². The lowest BCUT2D eigenvalue weighted by Crippen LogP contribution is -2.26. The van der Waals surface area contributed by atoms with Gasteiger partial charge in [-0.3, -0.25) is 4.79 Å². The van der Waals surface area contributed by atoms with E-state index in [1.54, 1.807) is 25.2 Å². The molecule has 146 valence electrons. The molecule has 1 unspecified atom stereocenters. The van der Waals surface area contributed by atoms with Gasteiger partial charge in [-0.2, -0.15) is 5.10 Å². The number of carbonyl (C=O) groups excluding carboxylic acids is 1. The van der Waals surface area contributed by atoms with E-state index in [0.29, 0.717) is 24.3 Å². The highest BCUT2D eigenvalue weighted by Gasteiger charge is 2.11. The molecule has 0 bridgehead atoms. The van der Waals surface area contributed by atoms with Crippen LogP contribution in [0.4, 0.5) is 0 Å². The molecule has 0 saturated carbocycles. The molecule has 1 aromatic heterocycles. The molecule has 7 nitrogen and oxygen atoms in total. The number of aromatic nitrogens is 3. The van der Waals surface area contributed by atoms with E-state index in [0.717, 1.165) is 16.8 Å². The zero-order valence-electron chi connectivity index (χ0n) is 16.3. The smallest absolute Gasteiger partial charge is 0.220 e. The van der Waals surface area contributed by atoms with Gasteiger partial charge >= 0.3 is 0 Å². The molecule has 2 aromatic carbocycles. The van der Waals surface area contributed by atoms with Gasteiger partial charge in [0.2, 0.25) is 5.91 Å². The molecule has 0 aliphatic heterocycles. The molecular formula is C21H24N4O3. The first-order chi connectivity index (χ1) is 13.6. The van der Waals surface area contributed by atoms with E-state index in [9.17, 15) is 4.79 Å². The fraction of sp³-hybridized carbons (Fsp3) is 0.286. The van der Waals surface area contributed by atoms with Gasteiger partial charge < -0.3 is 14.8 Å². The van der Waals surface area contributed by atoms with Crippen LogP contribution in [0.5, 0.6) is 11.5 Å². The normalized spacial score (nSPS) is 11.7. The molecule has 3 rings (SSSR count). The fourth-order valence-corrected chi connectivity index (χ4v) is 2.95. The summed E-state index contributed by atoms with van der Waals surface area (Å²) in [5.74, 6) is 1.35. The number of nitrogens with zero attached hydrogens (tertiary/aromatic N) is 3. The highest BCUT2D eigenvalue weighted by molar-refractivity contribution is 5.76. The molecule has 0 radical (unpaired) electrons. The standard InChI is InChI=1S/C21H24N4O3/c1-15(17-6-8-18(9-7-17)25-14-22-13-23-25)24-21(26)11-5-16-4-10-19(27-2)20(12-16)28-3/h4,6-10,12-15H,5,11H2,1-3H3,(H,24,26). The van der Waals surface area contributed by atoms with Crippen LogP contribution in [0.15, 0.2) is 55.1 Å². The van der Waals surface area contributed by atoms with Gasteiger partial charge in [-0.15, -0.1) is 0 Å². The Hall–Kier alpha value is -3.35. The molecular weight excluding hydrogens is 356 g/mol. The highest BCUT2D eigenvalue weighted by atomic mass is 16.5. The third-order valence-electron chi connectivity index (χ3n) is 4.54. The molecule has 0 fully saturated rings. The van der Waals surface area contributed by atoms with Crippen molar-refractivity contribution in [3.8, 4) is 17.2 Å². The molecule has 0 spiro atoms. The van der Waals surface area contributed by atoms with Gasteiger partial charge in [-0.05, 0) is 48.7 Å². The highest BCUT2D eigenvalue weighted by Crippen LogP contribution is 2.28. The Balaban J connectivity index is 1.54. The second-order valence-corrected chi connectivity index (χ2v) is 6.41. The van der Waals surface area contributed by atoms with E-state index in [-0.39, 0.29) is 11.9 Å². The van der Waals surface area contributed by atoms with E-state index < -0.39 is 0 Å². The summed E-state index contributed by atoms with van der Waals surface area (Å²) >= 11 is 0. The molecule has 1 heterocycles. The van der Waals surface area contributed by atoms with Gasteiger partial charge in [0.05, 0.1) is 25.9 Å². The number of rotatable bonds is 8. The lowest BCUT2D eigenvalue weighted by molar-refractivity contribution is -0.121. The van der Waals surface area contributed by atoms with Crippen molar-refractivity contribution >= 4 is 5.91 Å². The van der Waals surface area contributed by atoms with E-state index in [2.05, 4.69) is 15.4 Å². The number of benzene rings is 2. The minimum Gasteiger partial charge on any atom is -0.493 e. The minimum atomic E-state index is -0.0808. The molecule has 7 heteroatoms. The molecule has 1 atom stereocenters. The number of hydrogen-bond donors (Lipinski definition) is 1. The van der Waals surface area contributed by atoms with Crippen molar-refractivity contribution in [2.24, 2.45) is 0 Å². The Labute approximate surface area is 164 Å². The van der Waals surface area contributed by atoms with Gasteiger partial charge in [-0.1, -0.05) is 18.2 Å². The summed E-state index contributed by atoms with van der Waals surface area (Å²) in [5.41, 5.74) is 2.98. The summed E-state index contributed by atoms with van der Waals surface area (Å²) in [7, 11) is 3.20. The topological polar surface area (TPSA) is 78.3 Å². The summed E-state index contributed by atoms with van der Waals surface area (Å²) in [6.07, 6.45) is 4.17. The quantitative estimate of drug-likeness (QED) is 0.650. The van der Waals surface area contributed by atoms with Gasteiger partial charge in [0.15, 0.2) is 11.5 Å². The Morgan fingerprint density at radius 3 is 2.50 bits per heavy atom. The number of ether oxygens (including phenoxy) is 2. The minimum absolute atomic E-state index is 0.00244. The maximum Gasteiger partial charge on any atom is 0.220 e. The molecule has 1 N–H and O–H groups in total. The van der Waals surface area contributed by atoms with Crippen molar-refractivity contribution in [3.63, 3.8) is 0 Å². The van der Waals surface area contributed by atoms with Crippen molar-refractivity contribution in [3.05, 3.63) is 66.2 Å². The number of methoxy groups -OCH3 is 2. The van der Waals surface area contributed by atoms with Crippen LogP contribution in [0.2, 0.25) is 0 Å². The Morgan fingerprint density at radius 1 is 1.11 bits per heavy atom. The number of aryl methyl sites for hydroxylation is 1. The molecule has 3 aromatic rings. The predicted molar refractivity (Wildman–Crippen MR) is 106 cm³/mol. The van der Waals surface area contributed by atoms with Crippen molar-refractivity contribution in [1.82, 2.24) is 20.1 Å². The van der Waals surface area contributed by atoms with Crippen LogP contribution in [0, 0.1) is 0 Å². The third-order valence-corrected chi connectivity index (χ3v) is 4.54. The molecule has 1 amide bonds. The Bertz CT molecular complexity index is 908. The van der Waals surface area contributed by atoms with Crippen LogP contribution in [0.3, 0.4) is 0 Å². The summed E-state index contributed by atoms with van der Waals surface area (Å²) in [6.45, 7) is 1.97.